The van der Waals surface area contributed by atoms with Gasteiger partial charge in [-0.2, -0.15) is 4.57 Å². The zero-order chi connectivity index (χ0) is 16.5. The van der Waals surface area contributed by atoms with Crippen LogP contribution in [0.25, 0.3) is 32.8 Å². The number of nitrogens with one attached hydrogen (secondary N) is 2. The lowest BCUT2D eigenvalue weighted by molar-refractivity contribution is -0.616. The van der Waals surface area contributed by atoms with Crippen molar-refractivity contribution in [3.8, 4) is 0 Å². The summed E-state index contributed by atoms with van der Waals surface area (Å²) in [5, 5.41) is 6.15. The molecule has 0 amide bonds. The smallest absolute Gasteiger partial charge is 0.240 e. The van der Waals surface area contributed by atoms with Crippen LogP contribution in [0.1, 0.15) is 12.8 Å². The number of aromatic nitrogens is 2. The van der Waals surface area contributed by atoms with Gasteiger partial charge in [-0.05, 0) is 37.6 Å². The molecule has 0 aliphatic heterocycles. The number of benzene rings is 2. The SMILES string of the molecule is C[n+]1c2ccccc2c(NCCCCN)c2[nH]c3ccccc3c21.[Cl-]. The van der Waals surface area contributed by atoms with E-state index >= 15 is 0 Å². The van der Waals surface area contributed by atoms with Crippen molar-refractivity contribution in [2.45, 2.75) is 12.8 Å². The highest BCUT2D eigenvalue weighted by atomic mass is 35.5. The van der Waals surface area contributed by atoms with Crippen LogP contribution in [0.15, 0.2) is 48.5 Å². The fraction of sp³-hybridized carbons (Fsp3) is 0.250. The second-order valence-electron chi connectivity index (χ2n) is 6.27. The molecule has 0 spiro atoms. The van der Waals surface area contributed by atoms with Crippen LogP contribution in [0, 0.1) is 0 Å². The number of halogens is 1. The Hall–Kier alpha value is -2.30. The van der Waals surface area contributed by atoms with Crippen molar-refractivity contribution in [2.75, 3.05) is 18.4 Å². The maximum Gasteiger partial charge on any atom is 0.240 e. The van der Waals surface area contributed by atoms with Crippen molar-refractivity contribution in [1.29, 1.82) is 0 Å². The Balaban J connectivity index is 0.00000182. The summed E-state index contributed by atoms with van der Waals surface area (Å²) in [4.78, 5) is 3.61. The summed E-state index contributed by atoms with van der Waals surface area (Å²) in [6.07, 6.45) is 2.12. The van der Waals surface area contributed by atoms with Gasteiger partial charge in [-0.15, -0.1) is 0 Å². The molecule has 2 aromatic carbocycles. The highest BCUT2D eigenvalue weighted by molar-refractivity contribution is 6.13. The van der Waals surface area contributed by atoms with Gasteiger partial charge in [-0.1, -0.05) is 24.3 Å². The van der Waals surface area contributed by atoms with Crippen LogP contribution < -0.4 is 28.0 Å². The molecule has 25 heavy (non-hydrogen) atoms. The molecule has 130 valence electrons. The highest BCUT2D eigenvalue weighted by Gasteiger charge is 2.21. The van der Waals surface area contributed by atoms with Gasteiger partial charge in [-0.3, -0.25) is 0 Å². The fourth-order valence-corrected chi connectivity index (χ4v) is 3.56. The van der Waals surface area contributed by atoms with E-state index in [1.54, 1.807) is 0 Å². The number of aryl methyl sites for hydroxylation is 1. The van der Waals surface area contributed by atoms with Crippen LogP contribution in [0.3, 0.4) is 0 Å². The van der Waals surface area contributed by atoms with Crippen LogP contribution in [-0.4, -0.2) is 18.1 Å². The average Bonchev–Trinajstić information content (AvgIpc) is 3.01. The molecular weight excluding hydrogens is 332 g/mol. The summed E-state index contributed by atoms with van der Waals surface area (Å²) in [5.74, 6) is 0. The minimum absolute atomic E-state index is 0. The minimum atomic E-state index is 0. The van der Waals surface area contributed by atoms with Gasteiger partial charge < -0.3 is 28.4 Å². The number of anilines is 1. The van der Waals surface area contributed by atoms with E-state index in [4.69, 9.17) is 5.73 Å². The molecule has 4 nitrogen and oxygen atoms in total. The molecule has 0 saturated heterocycles. The summed E-state index contributed by atoms with van der Waals surface area (Å²) in [6.45, 7) is 1.67. The lowest BCUT2D eigenvalue weighted by Crippen LogP contribution is -3.00. The summed E-state index contributed by atoms with van der Waals surface area (Å²) in [5.41, 5.74) is 11.6. The van der Waals surface area contributed by atoms with E-state index in [1.165, 1.54) is 38.5 Å². The summed E-state index contributed by atoms with van der Waals surface area (Å²) < 4.78 is 2.29. The first-order valence-corrected chi connectivity index (χ1v) is 8.56. The van der Waals surface area contributed by atoms with Gasteiger partial charge in [0.2, 0.25) is 11.0 Å². The topological polar surface area (TPSA) is 57.7 Å². The average molecular weight is 355 g/mol. The third-order valence-electron chi connectivity index (χ3n) is 4.73. The quantitative estimate of drug-likeness (QED) is 0.360. The summed E-state index contributed by atoms with van der Waals surface area (Å²) >= 11 is 0. The Kier molecular flexibility index (Phi) is 5.11. The third kappa shape index (κ3) is 2.92. The first-order valence-electron chi connectivity index (χ1n) is 8.56. The first-order chi connectivity index (χ1) is 11.8. The zero-order valence-electron chi connectivity index (χ0n) is 14.3. The Morgan fingerprint density at radius 2 is 1.72 bits per heavy atom. The molecule has 0 aliphatic rings. The molecule has 0 fully saturated rings. The van der Waals surface area contributed by atoms with Crippen molar-refractivity contribution < 1.29 is 17.0 Å². The number of fused-ring (bicyclic) bond motifs is 4. The monoisotopic (exact) mass is 354 g/mol. The van der Waals surface area contributed by atoms with E-state index in [9.17, 15) is 0 Å². The molecule has 0 bridgehead atoms. The van der Waals surface area contributed by atoms with Crippen LogP contribution in [0.5, 0.6) is 0 Å². The van der Waals surface area contributed by atoms with Crippen molar-refractivity contribution in [3.05, 3.63) is 48.5 Å². The largest absolute Gasteiger partial charge is 1.00 e. The number of hydrogen-bond acceptors (Lipinski definition) is 2. The number of unbranched alkanes of at least 4 members (excludes halogenated alkanes) is 1. The highest BCUT2D eigenvalue weighted by Crippen LogP contribution is 2.33. The fourth-order valence-electron chi connectivity index (χ4n) is 3.56. The molecule has 0 radical (unpaired) electrons. The van der Waals surface area contributed by atoms with Gasteiger partial charge in [0.15, 0.2) is 0 Å². The zero-order valence-corrected chi connectivity index (χ0v) is 15.1. The van der Waals surface area contributed by atoms with Gasteiger partial charge in [0.05, 0.1) is 22.0 Å². The standard InChI is InChI=1S/C20H22N4.ClH/c1-24-17-11-5-3-9-15(17)18(22-13-7-6-12-21)19-20(24)14-8-2-4-10-16(14)23-19;/h2-5,8-11H,6-7,12-13,21H2,1H3,(H,22,23);1H. The van der Waals surface area contributed by atoms with Crippen LogP contribution in [0.2, 0.25) is 0 Å². The van der Waals surface area contributed by atoms with Crippen LogP contribution >= 0.6 is 0 Å². The normalized spacial score (nSPS) is 11.1. The number of nitrogens with two attached hydrogens (primary N) is 1. The molecule has 4 N–H and O–H groups in total. The van der Waals surface area contributed by atoms with Gasteiger partial charge in [0.1, 0.15) is 12.6 Å². The van der Waals surface area contributed by atoms with Crippen molar-refractivity contribution in [2.24, 2.45) is 12.8 Å². The van der Waals surface area contributed by atoms with Gasteiger partial charge in [0.25, 0.3) is 0 Å². The molecule has 4 aromatic rings. The molecule has 5 heteroatoms. The maximum atomic E-state index is 5.62. The van der Waals surface area contributed by atoms with Crippen molar-refractivity contribution in [1.82, 2.24) is 4.98 Å². The third-order valence-corrected chi connectivity index (χ3v) is 4.73. The molecule has 2 heterocycles. The second-order valence-corrected chi connectivity index (χ2v) is 6.27. The molecule has 2 aromatic heterocycles. The number of aromatic amines is 1. The Bertz CT molecular complexity index is 1020. The first kappa shape index (κ1) is 17.5. The predicted molar refractivity (Wildman–Crippen MR) is 101 cm³/mol. The van der Waals surface area contributed by atoms with Gasteiger partial charge >= 0.3 is 0 Å². The van der Waals surface area contributed by atoms with Crippen molar-refractivity contribution >= 4 is 38.5 Å². The van der Waals surface area contributed by atoms with Gasteiger partial charge in [0, 0.05) is 12.6 Å². The van der Waals surface area contributed by atoms with E-state index in [0.29, 0.717) is 0 Å². The predicted octanol–water partition coefficient (Wildman–Crippen LogP) is 0.454. The number of pyridine rings is 1. The molecular formula is C20H23ClN4. The number of rotatable bonds is 5. The van der Waals surface area contributed by atoms with E-state index < -0.39 is 0 Å². The molecule has 0 aliphatic carbocycles. The summed E-state index contributed by atoms with van der Waals surface area (Å²) in [6, 6.07) is 17.1. The number of para-hydroxylation sites is 2. The van der Waals surface area contributed by atoms with E-state index in [2.05, 4.69) is 70.4 Å². The lowest BCUT2D eigenvalue weighted by Gasteiger charge is -2.10. The maximum absolute atomic E-state index is 5.62. The number of H-pyrrole nitrogens is 1. The summed E-state index contributed by atoms with van der Waals surface area (Å²) in [7, 11) is 2.14. The Morgan fingerprint density at radius 1 is 1.00 bits per heavy atom. The van der Waals surface area contributed by atoms with E-state index in [-0.39, 0.29) is 12.4 Å². The Labute approximate surface area is 153 Å². The van der Waals surface area contributed by atoms with E-state index in [0.717, 1.165) is 25.9 Å². The second kappa shape index (κ2) is 7.30. The van der Waals surface area contributed by atoms with E-state index in [1.807, 2.05) is 0 Å². The number of hydrogen-bond donors (Lipinski definition) is 3. The lowest BCUT2D eigenvalue weighted by atomic mass is 10.1. The minimum Gasteiger partial charge on any atom is -1.00 e. The van der Waals surface area contributed by atoms with Crippen LogP contribution in [0.4, 0.5) is 5.69 Å². The number of nitrogens with zero attached hydrogens (tertiary/aromatic N) is 1. The van der Waals surface area contributed by atoms with Gasteiger partial charge in [-0.25, -0.2) is 0 Å². The molecule has 0 unspecified atom stereocenters. The molecule has 0 atom stereocenters. The molecule has 4 rings (SSSR count). The van der Waals surface area contributed by atoms with Crippen LogP contribution in [-0.2, 0) is 7.05 Å². The van der Waals surface area contributed by atoms with Crippen molar-refractivity contribution in [3.63, 3.8) is 0 Å². The Morgan fingerprint density at radius 3 is 2.52 bits per heavy atom. The molecule has 0 saturated carbocycles.